The monoisotopic (exact) mass is 320 g/mol. The summed E-state index contributed by atoms with van der Waals surface area (Å²) in [4.78, 5) is 8.61. The largest absolute Gasteiger partial charge is 0.381 e. The van der Waals surface area contributed by atoms with Crippen LogP contribution in [-0.4, -0.2) is 55.7 Å². The number of nitrogens with zero attached hydrogens (tertiary/aromatic N) is 2. The first-order chi connectivity index (χ1) is 11.3. The highest BCUT2D eigenvalue weighted by atomic mass is 16.7. The number of hydrogen-bond donors (Lipinski definition) is 2. The zero-order valence-corrected chi connectivity index (χ0v) is 13.2. The first kappa shape index (κ1) is 16.2. The van der Waals surface area contributed by atoms with Crippen LogP contribution in [0.3, 0.4) is 0 Å². The Morgan fingerprint density at radius 1 is 1.39 bits per heavy atom. The fraction of sp³-hybridized carbons (Fsp3) is 0.625. The molecule has 2 fully saturated rings. The Morgan fingerprint density at radius 3 is 3.04 bits per heavy atom. The van der Waals surface area contributed by atoms with E-state index in [1.54, 1.807) is 6.20 Å². The Bertz CT molecular complexity index is 517. The highest BCUT2D eigenvalue weighted by molar-refractivity contribution is 5.77. The van der Waals surface area contributed by atoms with Crippen LogP contribution in [0.5, 0.6) is 0 Å². The molecule has 0 aliphatic carbocycles. The lowest BCUT2D eigenvalue weighted by molar-refractivity contribution is -0.210. The molecule has 1 atom stereocenters. The summed E-state index contributed by atoms with van der Waals surface area (Å²) in [6.45, 7) is 3.14. The van der Waals surface area contributed by atoms with Crippen molar-refractivity contribution in [1.29, 1.82) is 0 Å². The van der Waals surface area contributed by atoms with E-state index in [-0.39, 0.29) is 6.10 Å². The third kappa shape index (κ3) is 4.63. The highest BCUT2D eigenvalue weighted by Gasteiger charge is 2.42. The van der Waals surface area contributed by atoms with Crippen LogP contribution >= 0.6 is 0 Å². The molecule has 0 amide bonds. The number of rotatable bonds is 5. The van der Waals surface area contributed by atoms with Crippen molar-refractivity contribution in [3.05, 3.63) is 30.1 Å². The van der Waals surface area contributed by atoms with Crippen LogP contribution < -0.4 is 11.1 Å². The molecule has 1 aromatic heterocycles. The predicted octanol–water partition coefficient (Wildman–Crippen LogP) is 0.451. The maximum absolute atomic E-state index is 6.01. The van der Waals surface area contributed by atoms with Crippen LogP contribution in [0.25, 0.3) is 0 Å². The second-order valence-corrected chi connectivity index (χ2v) is 5.80. The number of ether oxygens (including phenoxy) is 3. The molecule has 0 radical (unpaired) electrons. The topological polar surface area (TPSA) is 91.0 Å². The van der Waals surface area contributed by atoms with E-state index in [0.717, 1.165) is 25.0 Å². The van der Waals surface area contributed by atoms with Gasteiger partial charge in [-0.25, -0.2) is 0 Å². The lowest BCUT2D eigenvalue weighted by Crippen LogP contribution is -2.38. The molecule has 3 N–H and O–H groups in total. The molecule has 7 heteroatoms. The summed E-state index contributed by atoms with van der Waals surface area (Å²) in [5, 5.41) is 3.10. The van der Waals surface area contributed by atoms with Crippen molar-refractivity contribution in [2.24, 2.45) is 10.7 Å². The SMILES string of the molecule is NC(=NCC1COC2(CCOCC2)O1)NCCc1ccccn1. The number of pyridine rings is 1. The predicted molar refractivity (Wildman–Crippen MR) is 86.0 cm³/mol. The molecular weight excluding hydrogens is 296 g/mol. The highest BCUT2D eigenvalue weighted by Crippen LogP contribution is 2.33. The zero-order chi connectivity index (χ0) is 16.0. The van der Waals surface area contributed by atoms with Crippen LogP contribution in [-0.2, 0) is 20.6 Å². The Labute approximate surface area is 136 Å². The average molecular weight is 320 g/mol. The van der Waals surface area contributed by atoms with Gasteiger partial charge in [-0.2, -0.15) is 0 Å². The second-order valence-electron chi connectivity index (χ2n) is 5.80. The molecule has 1 aromatic rings. The Kier molecular flexibility index (Phi) is 5.43. The van der Waals surface area contributed by atoms with Gasteiger partial charge in [-0.15, -0.1) is 0 Å². The summed E-state index contributed by atoms with van der Waals surface area (Å²) in [7, 11) is 0. The average Bonchev–Trinajstić information content (AvgIpc) is 2.97. The molecule has 23 heavy (non-hydrogen) atoms. The summed E-state index contributed by atoms with van der Waals surface area (Å²) in [6, 6.07) is 5.87. The lowest BCUT2D eigenvalue weighted by Gasteiger charge is -2.31. The quantitative estimate of drug-likeness (QED) is 0.605. The van der Waals surface area contributed by atoms with Crippen LogP contribution in [0, 0.1) is 0 Å². The molecule has 0 bridgehead atoms. The molecular formula is C16H24N4O3. The minimum Gasteiger partial charge on any atom is -0.381 e. The third-order valence-electron chi connectivity index (χ3n) is 4.05. The zero-order valence-electron chi connectivity index (χ0n) is 13.2. The maximum atomic E-state index is 6.01. The summed E-state index contributed by atoms with van der Waals surface area (Å²) >= 11 is 0. The van der Waals surface area contributed by atoms with Crippen molar-refractivity contribution in [3.8, 4) is 0 Å². The van der Waals surface area contributed by atoms with Crippen LogP contribution in [0.1, 0.15) is 18.5 Å². The van der Waals surface area contributed by atoms with E-state index in [1.807, 2.05) is 18.2 Å². The molecule has 0 aromatic carbocycles. The lowest BCUT2D eigenvalue weighted by atomic mass is 10.1. The van der Waals surface area contributed by atoms with Gasteiger partial charge in [0, 0.05) is 37.7 Å². The van der Waals surface area contributed by atoms with Crippen LogP contribution in [0.15, 0.2) is 29.4 Å². The van der Waals surface area contributed by atoms with E-state index >= 15 is 0 Å². The fourth-order valence-electron chi connectivity index (χ4n) is 2.77. The number of aliphatic imine (C=N–C) groups is 1. The van der Waals surface area contributed by atoms with Gasteiger partial charge >= 0.3 is 0 Å². The van der Waals surface area contributed by atoms with Crippen molar-refractivity contribution < 1.29 is 14.2 Å². The van der Waals surface area contributed by atoms with Gasteiger partial charge in [-0.05, 0) is 12.1 Å². The molecule has 7 nitrogen and oxygen atoms in total. The van der Waals surface area contributed by atoms with E-state index in [4.69, 9.17) is 19.9 Å². The van der Waals surface area contributed by atoms with Crippen LogP contribution in [0.2, 0.25) is 0 Å². The molecule has 1 spiro atoms. The van der Waals surface area contributed by atoms with E-state index in [1.165, 1.54) is 0 Å². The van der Waals surface area contributed by atoms with Gasteiger partial charge in [-0.1, -0.05) is 6.07 Å². The summed E-state index contributed by atoms with van der Waals surface area (Å²) < 4.78 is 17.2. The van der Waals surface area contributed by atoms with E-state index in [0.29, 0.717) is 38.9 Å². The fourth-order valence-corrected chi connectivity index (χ4v) is 2.77. The first-order valence-electron chi connectivity index (χ1n) is 8.09. The van der Waals surface area contributed by atoms with Gasteiger partial charge < -0.3 is 25.3 Å². The van der Waals surface area contributed by atoms with Crippen molar-refractivity contribution in [2.45, 2.75) is 31.2 Å². The second kappa shape index (κ2) is 7.72. The third-order valence-corrected chi connectivity index (χ3v) is 4.05. The molecule has 3 heterocycles. The van der Waals surface area contributed by atoms with Crippen LogP contribution in [0.4, 0.5) is 0 Å². The van der Waals surface area contributed by atoms with Gasteiger partial charge in [0.25, 0.3) is 0 Å². The molecule has 2 saturated heterocycles. The number of guanidine groups is 1. The van der Waals surface area contributed by atoms with Crippen molar-refractivity contribution in [1.82, 2.24) is 10.3 Å². The van der Waals surface area contributed by atoms with E-state index < -0.39 is 5.79 Å². The minimum absolute atomic E-state index is 0.0377. The Hall–Kier alpha value is -1.70. The molecule has 1 unspecified atom stereocenters. The van der Waals surface area contributed by atoms with Crippen molar-refractivity contribution in [3.63, 3.8) is 0 Å². The summed E-state index contributed by atoms with van der Waals surface area (Å²) in [6.07, 6.45) is 4.12. The van der Waals surface area contributed by atoms with Crippen molar-refractivity contribution >= 4 is 5.96 Å². The minimum atomic E-state index is -0.459. The Morgan fingerprint density at radius 2 is 2.26 bits per heavy atom. The molecule has 2 aliphatic heterocycles. The van der Waals surface area contributed by atoms with E-state index in [9.17, 15) is 0 Å². The molecule has 2 aliphatic rings. The number of hydrogen-bond acceptors (Lipinski definition) is 5. The summed E-state index contributed by atoms with van der Waals surface area (Å²) in [5.74, 6) is -0.0305. The maximum Gasteiger partial charge on any atom is 0.188 e. The number of nitrogens with two attached hydrogens (primary N) is 1. The van der Waals surface area contributed by atoms with Gasteiger partial charge in [0.15, 0.2) is 11.7 Å². The molecule has 126 valence electrons. The van der Waals surface area contributed by atoms with E-state index in [2.05, 4.69) is 15.3 Å². The standard InChI is InChI=1S/C16H24N4O3/c17-15(19-8-4-13-3-1-2-7-18-13)20-11-14-12-22-16(23-14)5-9-21-10-6-16/h1-3,7,14H,4-6,8-12H2,(H3,17,19,20). The van der Waals surface area contributed by atoms with Gasteiger partial charge in [0.05, 0.1) is 26.4 Å². The number of nitrogens with one attached hydrogen (secondary N) is 1. The molecule has 0 saturated carbocycles. The Balaban J connectivity index is 1.38. The smallest absolute Gasteiger partial charge is 0.188 e. The number of aromatic nitrogens is 1. The van der Waals surface area contributed by atoms with Gasteiger partial charge in [0.1, 0.15) is 6.10 Å². The summed E-state index contributed by atoms with van der Waals surface area (Å²) in [5.41, 5.74) is 6.92. The first-order valence-corrected chi connectivity index (χ1v) is 8.09. The normalized spacial score (nSPS) is 24.0. The van der Waals surface area contributed by atoms with Gasteiger partial charge in [0.2, 0.25) is 0 Å². The van der Waals surface area contributed by atoms with Gasteiger partial charge in [-0.3, -0.25) is 9.98 Å². The molecule has 3 rings (SSSR count). The van der Waals surface area contributed by atoms with Crippen molar-refractivity contribution in [2.75, 3.05) is 32.9 Å².